The fourth-order valence-corrected chi connectivity index (χ4v) is 5.77. The fraction of sp³-hybridized carbons (Fsp3) is 0.379. The second kappa shape index (κ2) is 10.9. The van der Waals surface area contributed by atoms with Crippen LogP contribution in [0, 0.1) is 20.8 Å². The van der Waals surface area contributed by atoms with Crippen molar-refractivity contribution in [2.45, 2.75) is 34.6 Å². The molecule has 0 atom stereocenters. The Kier molecular flexibility index (Phi) is 7.48. The number of rotatable bonds is 8. The van der Waals surface area contributed by atoms with Gasteiger partial charge in [0, 0.05) is 35.7 Å². The van der Waals surface area contributed by atoms with Crippen LogP contribution in [-0.2, 0) is 4.74 Å². The number of hydrogen-bond acceptors (Lipinski definition) is 8. The Balaban J connectivity index is 1.62. The van der Waals surface area contributed by atoms with Gasteiger partial charge in [0.15, 0.2) is 0 Å². The molecule has 1 fully saturated rings. The lowest BCUT2D eigenvalue weighted by Crippen LogP contribution is -2.36. The minimum Gasteiger partial charge on any atom is -0.492 e. The quantitative estimate of drug-likeness (QED) is 0.280. The number of nitrogens with one attached hydrogen (secondary N) is 1. The molecule has 8 heteroatoms. The zero-order valence-corrected chi connectivity index (χ0v) is 23.0. The monoisotopic (exact) mass is 518 g/mol. The Morgan fingerprint density at radius 1 is 0.946 bits per heavy atom. The maximum Gasteiger partial charge on any atom is 0.145 e. The summed E-state index contributed by atoms with van der Waals surface area (Å²) in [6, 6.07) is 10.7. The number of benzene rings is 2. The first kappa shape index (κ1) is 25.3. The molecule has 0 spiro atoms. The van der Waals surface area contributed by atoms with Crippen LogP contribution >= 0.6 is 11.3 Å². The molecule has 2 aromatic heterocycles. The number of aromatic nitrogens is 2. The molecule has 1 saturated heterocycles. The van der Waals surface area contributed by atoms with Gasteiger partial charge in [-0.2, -0.15) is 0 Å². The molecule has 0 saturated carbocycles. The molecule has 0 aliphatic carbocycles. The lowest BCUT2D eigenvalue weighted by Gasteiger charge is -2.31. The van der Waals surface area contributed by atoms with Gasteiger partial charge < -0.3 is 24.4 Å². The third-order valence-corrected chi connectivity index (χ3v) is 7.74. The lowest BCUT2D eigenvalue weighted by atomic mass is 9.99. The molecule has 7 nitrogen and oxygen atoms in total. The summed E-state index contributed by atoms with van der Waals surface area (Å²) in [5.74, 6) is 2.33. The SMILES string of the molecule is CCOc1cc(N2CCOCC2)c(OCC)cc1Nc1ncnc2sc(C)c(-c3ccc(C)c(C)c3)c12. The average Bonchev–Trinajstić information content (AvgIpc) is 3.24. The minimum atomic E-state index is 0.551. The maximum atomic E-state index is 6.12. The van der Waals surface area contributed by atoms with E-state index in [1.165, 1.54) is 27.1 Å². The van der Waals surface area contributed by atoms with Crippen molar-refractivity contribution < 1.29 is 14.2 Å². The number of morpholine rings is 1. The van der Waals surface area contributed by atoms with E-state index >= 15 is 0 Å². The van der Waals surface area contributed by atoms with Crippen molar-refractivity contribution in [3.05, 3.63) is 52.7 Å². The first-order valence-electron chi connectivity index (χ1n) is 12.8. The van der Waals surface area contributed by atoms with Crippen LogP contribution in [0.25, 0.3) is 21.3 Å². The van der Waals surface area contributed by atoms with Crippen LogP contribution in [0.5, 0.6) is 11.5 Å². The molecule has 1 N–H and O–H groups in total. The van der Waals surface area contributed by atoms with Crippen molar-refractivity contribution in [1.29, 1.82) is 0 Å². The van der Waals surface area contributed by atoms with E-state index in [0.717, 1.165) is 52.0 Å². The summed E-state index contributed by atoms with van der Waals surface area (Å²) in [6.07, 6.45) is 1.62. The van der Waals surface area contributed by atoms with E-state index in [0.29, 0.717) is 26.4 Å². The van der Waals surface area contributed by atoms with Crippen LogP contribution in [0.1, 0.15) is 29.9 Å². The van der Waals surface area contributed by atoms with Gasteiger partial charge in [0.2, 0.25) is 0 Å². The van der Waals surface area contributed by atoms with Crippen LogP contribution in [0.15, 0.2) is 36.7 Å². The van der Waals surface area contributed by atoms with Crippen molar-refractivity contribution in [2.75, 3.05) is 49.7 Å². The van der Waals surface area contributed by atoms with Crippen LogP contribution in [0.2, 0.25) is 0 Å². The summed E-state index contributed by atoms with van der Waals surface area (Å²) in [4.78, 5) is 13.8. The predicted octanol–water partition coefficient (Wildman–Crippen LogP) is 6.66. The molecule has 0 amide bonds. The summed E-state index contributed by atoms with van der Waals surface area (Å²) >= 11 is 1.69. The molecular formula is C29H34N4O3S. The third-order valence-electron chi connectivity index (χ3n) is 6.73. The maximum absolute atomic E-state index is 6.12. The first-order valence-corrected chi connectivity index (χ1v) is 13.7. The smallest absolute Gasteiger partial charge is 0.145 e. The van der Waals surface area contributed by atoms with Crippen molar-refractivity contribution in [2.24, 2.45) is 0 Å². The third kappa shape index (κ3) is 5.08. The van der Waals surface area contributed by atoms with E-state index in [1.54, 1.807) is 17.7 Å². The van der Waals surface area contributed by atoms with Crippen LogP contribution in [0.4, 0.5) is 17.2 Å². The molecule has 1 aliphatic rings. The zero-order chi connectivity index (χ0) is 25.9. The fourth-order valence-electron chi connectivity index (χ4n) is 4.76. The molecular weight excluding hydrogens is 484 g/mol. The Hall–Kier alpha value is -3.36. The summed E-state index contributed by atoms with van der Waals surface area (Å²) in [7, 11) is 0. The number of thiophene rings is 1. The van der Waals surface area contributed by atoms with Gasteiger partial charge in [0.25, 0.3) is 0 Å². The lowest BCUT2D eigenvalue weighted by molar-refractivity contribution is 0.122. The van der Waals surface area contributed by atoms with Crippen molar-refractivity contribution >= 4 is 38.7 Å². The molecule has 3 heterocycles. The molecule has 0 radical (unpaired) electrons. The molecule has 0 unspecified atom stereocenters. The Morgan fingerprint density at radius 3 is 2.43 bits per heavy atom. The number of hydrogen-bond donors (Lipinski definition) is 1. The van der Waals surface area contributed by atoms with Crippen molar-refractivity contribution in [3.8, 4) is 22.6 Å². The Morgan fingerprint density at radius 2 is 1.70 bits per heavy atom. The van der Waals surface area contributed by atoms with E-state index in [2.05, 4.69) is 60.2 Å². The van der Waals surface area contributed by atoms with E-state index in [1.807, 2.05) is 19.9 Å². The molecule has 0 bridgehead atoms. The van der Waals surface area contributed by atoms with Gasteiger partial charge in [-0.3, -0.25) is 0 Å². The second-order valence-corrected chi connectivity index (χ2v) is 10.3. The second-order valence-electron chi connectivity index (χ2n) is 9.14. The molecule has 37 heavy (non-hydrogen) atoms. The molecule has 194 valence electrons. The summed E-state index contributed by atoms with van der Waals surface area (Å²) in [6.45, 7) is 14.6. The highest BCUT2D eigenvalue weighted by Gasteiger charge is 2.22. The van der Waals surface area contributed by atoms with Gasteiger partial charge in [0.05, 0.1) is 43.2 Å². The number of aryl methyl sites for hydroxylation is 3. The largest absolute Gasteiger partial charge is 0.492 e. The average molecular weight is 519 g/mol. The van der Waals surface area contributed by atoms with Crippen LogP contribution in [-0.4, -0.2) is 49.5 Å². The van der Waals surface area contributed by atoms with Gasteiger partial charge in [-0.25, -0.2) is 9.97 Å². The molecule has 4 aromatic rings. The van der Waals surface area contributed by atoms with E-state index in [-0.39, 0.29) is 0 Å². The summed E-state index contributed by atoms with van der Waals surface area (Å²) < 4.78 is 17.8. The predicted molar refractivity (Wildman–Crippen MR) is 152 cm³/mol. The highest BCUT2D eigenvalue weighted by molar-refractivity contribution is 7.19. The standard InChI is InChI=1S/C29H34N4O3S/c1-6-35-24-16-23(33-10-12-34-13-11-33)25(36-7-2)15-22(24)32-28-27-26(20(5)37-29(27)31-17-30-28)21-9-8-18(3)19(4)14-21/h8-9,14-17H,6-7,10-13H2,1-5H3,(H,30,31,32). The van der Waals surface area contributed by atoms with E-state index in [9.17, 15) is 0 Å². The summed E-state index contributed by atoms with van der Waals surface area (Å²) in [5, 5.41) is 4.61. The highest BCUT2D eigenvalue weighted by Crippen LogP contribution is 2.44. The molecule has 5 rings (SSSR count). The molecule has 2 aromatic carbocycles. The number of nitrogens with zero attached hydrogens (tertiary/aromatic N) is 3. The van der Waals surface area contributed by atoms with Crippen LogP contribution < -0.4 is 19.7 Å². The van der Waals surface area contributed by atoms with Crippen LogP contribution in [0.3, 0.4) is 0 Å². The zero-order valence-electron chi connectivity index (χ0n) is 22.2. The minimum absolute atomic E-state index is 0.551. The number of ether oxygens (including phenoxy) is 3. The number of fused-ring (bicyclic) bond motifs is 1. The van der Waals surface area contributed by atoms with Gasteiger partial charge in [0.1, 0.15) is 28.5 Å². The number of anilines is 3. The Labute approximate surface area is 222 Å². The first-order chi connectivity index (χ1) is 18.0. The Bertz CT molecular complexity index is 1410. The molecule has 1 aliphatic heterocycles. The topological polar surface area (TPSA) is 68.7 Å². The highest BCUT2D eigenvalue weighted by atomic mass is 32.1. The van der Waals surface area contributed by atoms with Crippen molar-refractivity contribution in [1.82, 2.24) is 9.97 Å². The van der Waals surface area contributed by atoms with Gasteiger partial charge in [-0.1, -0.05) is 18.2 Å². The van der Waals surface area contributed by atoms with Gasteiger partial charge in [-0.15, -0.1) is 11.3 Å². The van der Waals surface area contributed by atoms with Gasteiger partial charge >= 0.3 is 0 Å². The van der Waals surface area contributed by atoms with E-state index in [4.69, 9.17) is 19.2 Å². The van der Waals surface area contributed by atoms with Crippen molar-refractivity contribution in [3.63, 3.8) is 0 Å². The summed E-state index contributed by atoms with van der Waals surface area (Å²) in [5.41, 5.74) is 6.72. The van der Waals surface area contributed by atoms with Gasteiger partial charge in [-0.05, 0) is 51.3 Å². The van der Waals surface area contributed by atoms with E-state index < -0.39 is 0 Å². The normalized spacial score (nSPS) is 13.7.